The second-order valence-electron chi connectivity index (χ2n) is 8.04. The molecule has 1 aromatic rings. The van der Waals surface area contributed by atoms with Crippen molar-refractivity contribution in [3.63, 3.8) is 0 Å². The molecule has 0 aliphatic carbocycles. The summed E-state index contributed by atoms with van der Waals surface area (Å²) < 4.78 is 225. The summed E-state index contributed by atoms with van der Waals surface area (Å²) in [5.41, 5.74) is 3.23. The predicted molar refractivity (Wildman–Crippen MR) is 99.8 cm³/mol. The van der Waals surface area contributed by atoms with Gasteiger partial charge in [0.15, 0.2) is 0 Å². The number of nitrogens with one attached hydrogen (secondary N) is 1. The van der Waals surface area contributed by atoms with Gasteiger partial charge in [-0.05, 0) is 18.6 Å². The molecule has 0 aromatic heterocycles. The van der Waals surface area contributed by atoms with E-state index in [1.165, 1.54) is 0 Å². The number of hydrogen-bond acceptors (Lipinski definition) is 4. The number of halogens is 17. The quantitative estimate of drug-likeness (QED) is 0.0874. The van der Waals surface area contributed by atoms with Crippen LogP contribution in [0.2, 0.25) is 0 Å². The first-order chi connectivity index (χ1) is 18.0. The van der Waals surface area contributed by atoms with Crippen LogP contribution in [0.1, 0.15) is 23.2 Å². The van der Waals surface area contributed by atoms with Crippen molar-refractivity contribution in [2.24, 2.45) is 0 Å². The third kappa shape index (κ3) is 5.62. The van der Waals surface area contributed by atoms with E-state index in [1.54, 1.807) is 5.32 Å². The normalized spacial score (nSPS) is 14.7. The monoisotopic (exact) mass is 641 g/mol. The van der Waals surface area contributed by atoms with Crippen molar-refractivity contribution in [3.05, 3.63) is 33.9 Å². The first kappa shape index (κ1) is 35.7. The van der Waals surface area contributed by atoms with E-state index in [4.69, 9.17) is 5.73 Å². The lowest BCUT2D eigenvalue weighted by atomic mass is 9.88. The van der Waals surface area contributed by atoms with Crippen molar-refractivity contribution >= 4 is 17.3 Å². The fourth-order valence-electron chi connectivity index (χ4n) is 2.86. The Morgan fingerprint density at radius 3 is 1.56 bits per heavy atom. The van der Waals surface area contributed by atoms with Crippen molar-refractivity contribution in [2.45, 2.75) is 60.5 Å². The molecule has 23 heteroatoms. The molecule has 0 bridgehead atoms. The Balaban J connectivity index is 3.22. The number of anilines is 1. The van der Waals surface area contributed by atoms with Gasteiger partial charge in [0.2, 0.25) is 0 Å². The van der Waals surface area contributed by atoms with Gasteiger partial charge in [0.1, 0.15) is 5.56 Å². The number of nitro groups is 1. The Morgan fingerprint density at radius 2 is 1.15 bits per heavy atom. The molecule has 1 amide bonds. The van der Waals surface area contributed by atoms with E-state index in [1.807, 2.05) is 0 Å². The van der Waals surface area contributed by atoms with Crippen molar-refractivity contribution < 1.29 is 84.4 Å². The highest BCUT2D eigenvalue weighted by Crippen LogP contribution is 2.64. The number of amides is 1. The van der Waals surface area contributed by atoms with E-state index < -0.39 is 89.1 Å². The van der Waals surface area contributed by atoms with Crippen LogP contribution in [0.25, 0.3) is 0 Å². The largest absolute Gasteiger partial charge is 0.460 e. The van der Waals surface area contributed by atoms with E-state index in [2.05, 4.69) is 0 Å². The molecular formula is C18H12F17N3O3. The zero-order valence-electron chi connectivity index (χ0n) is 19.0. The van der Waals surface area contributed by atoms with Crippen LogP contribution in [0.4, 0.5) is 86.0 Å². The number of nitrogen functional groups attached to an aromatic ring is 1. The highest BCUT2D eigenvalue weighted by Gasteiger charge is 2.95. The molecule has 0 heterocycles. The van der Waals surface area contributed by atoms with Crippen LogP contribution >= 0.6 is 0 Å². The summed E-state index contributed by atoms with van der Waals surface area (Å²) in [5.74, 6) is -58.6. The number of hydrogen-bond donors (Lipinski definition) is 2. The van der Waals surface area contributed by atoms with Crippen LogP contribution in [0, 0.1) is 10.1 Å². The topological polar surface area (TPSA) is 98.3 Å². The molecule has 0 spiro atoms. The number of benzene rings is 1. The van der Waals surface area contributed by atoms with Gasteiger partial charge in [-0.15, -0.1) is 0 Å². The van der Waals surface area contributed by atoms with Crippen LogP contribution in [-0.4, -0.2) is 65.0 Å². The number of nitrogens with two attached hydrogens (primary N) is 1. The molecule has 236 valence electrons. The van der Waals surface area contributed by atoms with E-state index in [0.29, 0.717) is 12.1 Å². The summed E-state index contributed by atoms with van der Waals surface area (Å²) in [6.07, 6.45) is -12.2. The number of alkyl halides is 17. The van der Waals surface area contributed by atoms with Gasteiger partial charge < -0.3 is 11.1 Å². The Kier molecular flexibility index (Phi) is 9.16. The van der Waals surface area contributed by atoms with Gasteiger partial charge in [-0.3, -0.25) is 14.9 Å². The lowest BCUT2D eigenvalue weighted by Crippen LogP contribution is -2.74. The molecule has 0 unspecified atom stereocenters. The molecular weight excluding hydrogens is 629 g/mol. The summed E-state index contributed by atoms with van der Waals surface area (Å²) in [4.78, 5) is 21.7. The molecule has 0 saturated heterocycles. The lowest BCUT2D eigenvalue weighted by Gasteiger charge is -2.42. The average molecular weight is 641 g/mol. The Bertz CT molecular complexity index is 1150. The van der Waals surface area contributed by atoms with Gasteiger partial charge in [-0.25, -0.2) is 0 Å². The van der Waals surface area contributed by atoms with E-state index >= 15 is 0 Å². The fraction of sp³-hybridized carbons (Fsp3) is 0.611. The summed E-state index contributed by atoms with van der Waals surface area (Å²) in [6.45, 7) is -1.30. The fourth-order valence-corrected chi connectivity index (χ4v) is 2.86. The van der Waals surface area contributed by atoms with Gasteiger partial charge in [0.05, 0.1) is 4.92 Å². The summed E-state index contributed by atoms with van der Waals surface area (Å²) in [7, 11) is 0. The lowest BCUT2D eigenvalue weighted by molar-refractivity contribution is -0.461. The summed E-state index contributed by atoms with van der Waals surface area (Å²) in [5, 5.41) is 12.5. The maximum absolute atomic E-state index is 13.9. The molecule has 3 N–H and O–H groups in total. The molecule has 6 nitrogen and oxygen atoms in total. The number of rotatable bonds is 12. The maximum Gasteiger partial charge on any atom is 0.460 e. The van der Waals surface area contributed by atoms with Crippen molar-refractivity contribution in [2.75, 3.05) is 12.3 Å². The molecule has 41 heavy (non-hydrogen) atoms. The van der Waals surface area contributed by atoms with Crippen LogP contribution in [0.3, 0.4) is 0 Å². The van der Waals surface area contributed by atoms with Gasteiger partial charge in [-0.2, -0.15) is 74.6 Å². The molecule has 0 aliphatic heterocycles. The van der Waals surface area contributed by atoms with Crippen LogP contribution in [0.5, 0.6) is 0 Å². The average Bonchev–Trinajstić information content (AvgIpc) is 2.79. The molecule has 0 aliphatic rings. The van der Waals surface area contributed by atoms with Crippen LogP contribution in [-0.2, 0) is 0 Å². The Labute approximate surface area is 214 Å². The van der Waals surface area contributed by atoms with Crippen molar-refractivity contribution in [3.8, 4) is 0 Å². The minimum atomic E-state index is -8.72. The van der Waals surface area contributed by atoms with Crippen LogP contribution in [0.15, 0.2) is 18.2 Å². The highest BCUT2D eigenvalue weighted by molar-refractivity contribution is 5.99. The third-order valence-electron chi connectivity index (χ3n) is 5.20. The smallest absolute Gasteiger partial charge is 0.399 e. The second-order valence-corrected chi connectivity index (χ2v) is 8.04. The molecule has 1 aromatic carbocycles. The van der Waals surface area contributed by atoms with Crippen molar-refractivity contribution in [1.29, 1.82) is 0 Å². The Morgan fingerprint density at radius 1 is 0.732 bits per heavy atom. The molecule has 0 saturated carbocycles. The molecule has 0 atom stereocenters. The molecule has 0 radical (unpaired) electrons. The minimum Gasteiger partial charge on any atom is -0.399 e. The van der Waals surface area contributed by atoms with E-state index in [9.17, 15) is 89.5 Å². The molecule has 1 rings (SSSR count). The zero-order chi connectivity index (χ0) is 32.8. The SMILES string of the molecule is Nc1ccc([N+](=O)[O-])c(C(=O)NCCCC(F)(F)C(F)(F)C(F)(F)C(F)(F)C(F)(F)C(F)(F)C(F)(F)C(F)(F)F)c1. The minimum absolute atomic E-state index is 0.273. The zero-order valence-corrected chi connectivity index (χ0v) is 19.0. The van der Waals surface area contributed by atoms with Gasteiger partial charge in [0, 0.05) is 24.7 Å². The maximum atomic E-state index is 13.9. The Hall–Kier alpha value is -3.30. The van der Waals surface area contributed by atoms with Gasteiger partial charge >= 0.3 is 47.6 Å². The van der Waals surface area contributed by atoms with Gasteiger partial charge in [0.25, 0.3) is 11.6 Å². The molecule has 0 fully saturated rings. The first-order valence-corrected chi connectivity index (χ1v) is 9.99. The summed E-state index contributed by atoms with van der Waals surface area (Å²) >= 11 is 0. The number of carbonyl (C=O) groups is 1. The van der Waals surface area contributed by atoms with E-state index in [-0.39, 0.29) is 5.69 Å². The van der Waals surface area contributed by atoms with Crippen LogP contribution < -0.4 is 11.1 Å². The highest BCUT2D eigenvalue weighted by atomic mass is 19.4. The van der Waals surface area contributed by atoms with E-state index in [0.717, 1.165) is 6.07 Å². The summed E-state index contributed by atoms with van der Waals surface area (Å²) in [6, 6.07) is 2.28. The predicted octanol–water partition coefficient (Wildman–Crippen LogP) is 6.70. The number of nitro benzene ring substituents is 1. The first-order valence-electron chi connectivity index (χ1n) is 9.99. The van der Waals surface area contributed by atoms with Gasteiger partial charge in [-0.1, -0.05) is 0 Å². The van der Waals surface area contributed by atoms with Crippen molar-refractivity contribution in [1.82, 2.24) is 5.32 Å². The number of carbonyl (C=O) groups excluding carboxylic acids is 1. The second kappa shape index (κ2) is 10.5. The number of nitrogens with zero attached hydrogens (tertiary/aromatic N) is 1. The third-order valence-corrected chi connectivity index (χ3v) is 5.20. The standard InChI is InChI=1S/C18H12F17N3O3/c19-11(20,4-1-5-37-10(39)8-6-7(36)2-3-9(8)38(40)41)12(21,22)13(23,24)14(25,26)15(27,28)16(29,30)17(31,32)18(33,34)35/h2-3,6H,1,4-5,36H2,(H,37,39).